The van der Waals surface area contributed by atoms with Gasteiger partial charge in [-0.15, -0.1) is 0 Å². The Bertz CT molecular complexity index is 523. The summed E-state index contributed by atoms with van der Waals surface area (Å²) in [6.07, 6.45) is 1.55. The van der Waals surface area contributed by atoms with Gasteiger partial charge in [0.25, 0.3) is 0 Å². The van der Waals surface area contributed by atoms with Crippen LogP contribution in [-0.2, 0) is 6.42 Å². The predicted molar refractivity (Wildman–Crippen MR) is 68.4 cm³/mol. The second-order valence-electron chi connectivity index (χ2n) is 4.11. The Hall–Kier alpha value is -1.88. The van der Waals surface area contributed by atoms with Gasteiger partial charge in [0.1, 0.15) is 5.75 Å². The fraction of sp³-hybridized carbons (Fsp3) is 0.385. The van der Waals surface area contributed by atoms with Gasteiger partial charge < -0.3 is 15.0 Å². The predicted octanol–water partition coefficient (Wildman–Crippen LogP) is 1.94. The van der Waals surface area contributed by atoms with E-state index in [0.29, 0.717) is 24.7 Å². The first-order valence-corrected chi connectivity index (χ1v) is 5.92. The molecule has 0 atom stereocenters. The van der Waals surface area contributed by atoms with Gasteiger partial charge in [0.2, 0.25) is 11.7 Å². The molecule has 0 unspecified atom stereocenters. The first-order valence-electron chi connectivity index (χ1n) is 5.92. The van der Waals surface area contributed by atoms with E-state index in [-0.39, 0.29) is 0 Å². The summed E-state index contributed by atoms with van der Waals surface area (Å²) in [6, 6.07) is 5.88. The van der Waals surface area contributed by atoms with Gasteiger partial charge in [-0.3, -0.25) is 0 Å². The summed E-state index contributed by atoms with van der Waals surface area (Å²) in [4.78, 5) is 4.34. The highest BCUT2D eigenvalue weighted by atomic mass is 16.5. The highest BCUT2D eigenvalue weighted by Gasteiger charge is 2.13. The lowest BCUT2D eigenvalue weighted by Crippen LogP contribution is -2.00. The molecule has 1 heterocycles. The molecule has 1 aromatic carbocycles. The largest absolute Gasteiger partial charge is 0.496 e. The molecule has 18 heavy (non-hydrogen) atoms. The maximum atomic E-state index is 5.45. The Morgan fingerprint density at radius 1 is 1.39 bits per heavy atom. The summed E-state index contributed by atoms with van der Waals surface area (Å²) in [7, 11) is 1.63. The number of nitrogens with zero attached hydrogens (tertiary/aromatic N) is 2. The molecule has 5 nitrogen and oxygen atoms in total. The van der Waals surface area contributed by atoms with E-state index in [2.05, 4.69) is 10.1 Å². The monoisotopic (exact) mass is 247 g/mol. The second-order valence-corrected chi connectivity index (χ2v) is 4.11. The van der Waals surface area contributed by atoms with Crippen LogP contribution in [0.4, 0.5) is 0 Å². The maximum Gasteiger partial charge on any atom is 0.227 e. The molecule has 2 rings (SSSR count). The quantitative estimate of drug-likeness (QED) is 0.874. The summed E-state index contributed by atoms with van der Waals surface area (Å²) in [5.41, 5.74) is 7.41. The van der Waals surface area contributed by atoms with Crippen LogP contribution in [0.5, 0.6) is 5.75 Å². The highest BCUT2D eigenvalue weighted by molar-refractivity contribution is 5.64. The van der Waals surface area contributed by atoms with Crippen LogP contribution in [0.25, 0.3) is 11.4 Å². The normalized spacial score (nSPS) is 10.6. The molecule has 1 aromatic heterocycles. The zero-order chi connectivity index (χ0) is 13.0. The van der Waals surface area contributed by atoms with Crippen molar-refractivity contribution in [2.75, 3.05) is 13.7 Å². The van der Waals surface area contributed by atoms with Gasteiger partial charge in [-0.2, -0.15) is 4.98 Å². The van der Waals surface area contributed by atoms with Crippen LogP contribution in [0.3, 0.4) is 0 Å². The molecule has 0 radical (unpaired) electrons. The van der Waals surface area contributed by atoms with E-state index in [1.165, 1.54) is 0 Å². The summed E-state index contributed by atoms with van der Waals surface area (Å²) in [6.45, 7) is 2.63. The molecular weight excluding hydrogens is 230 g/mol. The third-order valence-corrected chi connectivity index (χ3v) is 2.66. The molecule has 0 saturated carbocycles. The number of hydrogen-bond donors (Lipinski definition) is 1. The van der Waals surface area contributed by atoms with E-state index in [1.807, 2.05) is 25.1 Å². The average Bonchev–Trinajstić information content (AvgIpc) is 2.84. The van der Waals surface area contributed by atoms with Gasteiger partial charge in [-0.05, 0) is 37.6 Å². The van der Waals surface area contributed by atoms with Crippen molar-refractivity contribution in [3.8, 4) is 17.1 Å². The second kappa shape index (κ2) is 5.64. The summed E-state index contributed by atoms with van der Waals surface area (Å²) >= 11 is 0. The lowest BCUT2D eigenvalue weighted by Gasteiger charge is -2.05. The van der Waals surface area contributed by atoms with Gasteiger partial charge in [0.15, 0.2) is 0 Å². The number of aryl methyl sites for hydroxylation is 2. The van der Waals surface area contributed by atoms with Crippen LogP contribution in [-0.4, -0.2) is 23.8 Å². The lowest BCUT2D eigenvalue weighted by atomic mass is 10.1. The van der Waals surface area contributed by atoms with Crippen molar-refractivity contribution in [3.63, 3.8) is 0 Å². The minimum Gasteiger partial charge on any atom is -0.496 e. The van der Waals surface area contributed by atoms with Crippen molar-refractivity contribution in [1.29, 1.82) is 0 Å². The third-order valence-electron chi connectivity index (χ3n) is 2.66. The maximum absolute atomic E-state index is 5.45. The fourth-order valence-corrected chi connectivity index (χ4v) is 1.70. The molecule has 0 aliphatic carbocycles. The molecule has 96 valence electrons. The first kappa shape index (κ1) is 12.6. The van der Waals surface area contributed by atoms with Gasteiger partial charge >= 0.3 is 0 Å². The molecule has 0 fully saturated rings. The van der Waals surface area contributed by atoms with E-state index >= 15 is 0 Å². The number of methoxy groups -OCH3 is 1. The van der Waals surface area contributed by atoms with E-state index in [0.717, 1.165) is 23.3 Å². The number of ether oxygens (including phenoxy) is 1. The van der Waals surface area contributed by atoms with Gasteiger partial charge in [-0.1, -0.05) is 11.2 Å². The SMILES string of the molecule is COc1cc(C)ccc1-c1noc(CCCN)n1. The molecule has 0 bridgehead atoms. The zero-order valence-electron chi connectivity index (χ0n) is 10.6. The molecule has 0 saturated heterocycles. The summed E-state index contributed by atoms with van der Waals surface area (Å²) < 4.78 is 10.5. The Kier molecular flexibility index (Phi) is 3.94. The lowest BCUT2D eigenvalue weighted by molar-refractivity contribution is 0.376. The van der Waals surface area contributed by atoms with Gasteiger partial charge in [0.05, 0.1) is 12.7 Å². The van der Waals surface area contributed by atoms with E-state index in [1.54, 1.807) is 7.11 Å². The average molecular weight is 247 g/mol. The van der Waals surface area contributed by atoms with E-state index in [9.17, 15) is 0 Å². The number of benzene rings is 1. The standard InChI is InChI=1S/C13H17N3O2/c1-9-5-6-10(11(8-9)17-2)13-15-12(18-16-13)4-3-7-14/h5-6,8H,3-4,7,14H2,1-2H3. The van der Waals surface area contributed by atoms with Crippen LogP contribution in [0.2, 0.25) is 0 Å². The molecule has 0 amide bonds. The van der Waals surface area contributed by atoms with Crippen molar-refractivity contribution >= 4 is 0 Å². The van der Waals surface area contributed by atoms with Crippen LogP contribution in [0.15, 0.2) is 22.7 Å². The molecule has 0 aliphatic heterocycles. The van der Waals surface area contributed by atoms with Crippen LogP contribution in [0.1, 0.15) is 17.9 Å². The topological polar surface area (TPSA) is 74.2 Å². The smallest absolute Gasteiger partial charge is 0.227 e. The molecule has 2 aromatic rings. The summed E-state index contributed by atoms with van der Waals surface area (Å²) in [5, 5.41) is 3.97. The summed E-state index contributed by atoms with van der Waals surface area (Å²) in [5.74, 6) is 1.91. The highest BCUT2D eigenvalue weighted by Crippen LogP contribution is 2.28. The molecule has 0 spiro atoms. The van der Waals surface area contributed by atoms with Gasteiger partial charge in [0, 0.05) is 6.42 Å². The van der Waals surface area contributed by atoms with Crippen molar-refractivity contribution in [1.82, 2.24) is 10.1 Å². The Balaban J connectivity index is 2.28. The molecular formula is C13H17N3O2. The molecule has 5 heteroatoms. The van der Waals surface area contributed by atoms with Crippen molar-refractivity contribution < 1.29 is 9.26 Å². The fourth-order valence-electron chi connectivity index (χ4n) is 1.70. The number of rotatable bonds is 5. The van der Waals surface area contributed by atoms with Crippen LogP contribution in [0, 0.1) is 6.92 Å². The number of nitrogens with two attached hydrogens (primary N) is 1. The van der Waals surface area contributed by atoms with E-state index in [4.69, 9.17) is 15.0 Å². The minimum atomic E-state index is 0.555. The first-order chi connectivity index (χ1) is 8.74. The van der Waals surface area contributed by atoms with Crippen LogP contribution >= 0.6 is 0 Å². The van der Waals surface area contributed by atoms with E-state index < -0.39 is 0 Å². The third kappa shape index (κ3) is 2.68. The van der Waals surface area contributed by atoms with Crippen molar-refractivity contribution in [3.05, 3.63) is 29.7 Å². The Morgan fingerprint density at radius 2 is 2.22 bits per heavy atom. The van der Waals surface area contributed by atoms with Crippen molar-refractivity contribution in [2.45, 2.75) is 19.8 Å². The van der Waals surface area contributed by atoms with Gasteiger partial charge in [-0.25, -0.2) is 0 Å². The molecule has 2 N–H and O–H groups in total. The Morgan fingerprint density at radius 3 is 2.94 bits per heavy atom. The van der Waals surface area contributed by atoms with Crippen LogP contribution < -0.4 is 10.5 Å². The number of hydrogen-bond acceptors (Lipinski definition) is 5. The molecule has 0 aliphatic rings. The number of aromatic nitrogens is 2. The Labute approximate surface area is 106 Å². The van der Waals surface area contributed by atoms with Crippen molar-refractivity contribution in [2.24, 2.45) is 5.73 Å². The minimum absolute atomic E-state index is 0.555. The zero-order valence-corrected chi connectivity index (χ0v) is 10.6.